The van der Waals surface area contributed by atoms with Crippen molar-refractivity contribution in [3.63, 3.8) is 0 Å². The molecule has 9 nitrogen and oxygen atoms in total. The lowest BCUT2D eigenvalue weighted by Crippen LogP contribution is -2.42. The lowest BCUT2D eigenvalue weighted by atomic mass is 9.82. The number of hydrogen-bond donors (Lipinski definition) is 3. The van der Waals surface area contributed by atoms with Crippen molar-refractivity contribution in [3.05, 3.63) is 65.8 Å². The molecule has 2 atom stereocenters. The summed E-state index contributed by atoms with van der Waals surface area (Å²) in [7, 11) is 0. The molecule has 0 bridgehead atoms. The summed E-state index contributed by atoms with van der Waals surface area (Å²) < 4.78 is 1.53. The van der Waals surface area contributed by atoms with E-state index in [-0.39, 0.29) is 35.4 Å². The van der Waals surface area contributed by atoms with Crippen molar-refractivity contribution in [3.8, 4) is 11.1 Å². The minimum Gasteiger partial charge on any atom is -0.384 e. The minimum atomic E-state index is -1.04. The first-order valence-electron chi connectivity index (χ1n) is 12.8. The molecule has 9 heteroatoms. The Kier molecular flexibility index (Phi) is 6.88. The quantitative estimate of drug-likeness (QED) is 0.439. The van der Waals surface area contributed by atoms with Crippen LogP contribution in [-0.4, -0.2) is 48.5 Å². The van der Waals surface area contributed by atoms with Gasteiger partial charge in [-0.15, -0.1) is 0 Å². The lowest BCUT2D eigenvalue weighted by molar-refractivity contribution is -0.129. The highest BCUT2D eigenvalue weighted by molar-refractivity contribution is 6.00. The molecule has 0 spiro atoms. The number of pyridine rings is 1. The standard InChI is InChI=1S/C28H32N6O3/c1-16(35)24-25(19-8-11-21(12-9-19)32-28(37)17(2)36)33-27-22(15-31-34(27)26(24)29)20-10-13-23(30-14-20)18-6-4-3-5-7-18/h3-6,10,13-15,17-19,21,36H,7-9,11-12,29H2,1-2H3,(H,32,37). The average molecular weight is 501 g/mol. The highest BCUT2D eigenvalue weighted by Gasteiger charge is 2.30. The number of anilines is 1. The van der Waals surface area contributed by atoms with E-state index in [1.165, 1.54) is 18.4 Å². The highest BCUT2D eigenvalue weighted by Crippen LogP contribution is 2.37. The van der Waals surface area contributed by atoms with Gasteiger partial charge >= 0.3 is 0 Å². The molecule has 3 heterocycles. The van der Waals surface area contributed by atoms with Gasteiger partial charge in [-0.25, -0.2) is 4.98 Å². The topological polar surface area (TPSA) is 136 Å². The predicted octanol–water partition coefficient (Wildman–Crippen LogP) is 3.70. The van der Waals surface area contributed by atoms with Crippen LogP contribution in [0.2, 0.25) is 0 Å². The molecule has 1 saturated carbocycles. The summed E-state index contributed by atoms with van der Waals surface area (Å²) in [5.74, 6) is 0.0643. The number of nitrogens with zero attached hydrogens (tertiary/aromatic N) is 4. The van der Waals surface area contributed by atoms with Crippen molar-refractivity contribution in [2.75, 3.05) is 5.73 Å². The molecule has 2 unspecified atom stereocenters. The predicted molar refractivity (Wildman–Crippen MR) is 141 cm³/mol. The normalized spacial score (nSPS) is 22.2. The second-order valence-electron chi connectivity index (χ2n) is 9.97. The summed E-state index contributed by atoms with van der Waals surface area (Å²) >= 11 is 0. The van der Waals surface area contributed by atoms with Gasteiger partial charge in [-0.05, 0) is 52.0 Å². The molecule has 1 amide bonds. The van der Waals surface area contributed by atoms with E-state index < -0.39 is 6.10 Å². The van der Waals surface area contributed by atoms with Crippen LogP contribution in [0.1, 0.15) is 79.5 Å². The van der Waals surface area contributed by atoms with Crippen molar-refractivity contribution >= 4 is 23.2 Å². The van der Waals surface area contributed by atoms with Crippen LogP contribution in [0.3, 0.4) is 0 Å². The van der Waals surface area contributed by atoms with Crippen LogP contribution in [0.4, 0.5) is 5.82 Å². The number of amides is 1. The second-order valence-corrected chi connectivity index (χ2v) is 9.97. The van der Waals surface area contributed by atoms with Crippen molar-refractivity contribution in [1.82, 2.24) is 24.9 Å². The zero-order chi connectivity index (χ0) is 26.1. The Bertz CT molecular complexity index is 1380. The van der Waals surface area contributed by atoms with Gasteiger partial charge in [0.1, 0.15) is 11.9 Å². The number of rotatable bonds is 6. The molecular weight excluding hydrogens is 468 g/mol. The van der Waals surface area contributed by atoms with Gasteiger partial charge in [0.15, 0.2) is 11.4 Å². The third-order valence-electron chi connectivity index (χ3n) is 7.36. The molecule has 0 radical (unpaired) electrons. The molecule has 4 N–H and O–H groups in total. The first-order valence-corrected chi connectivity index (χ1v) is 12.8. The summed E-state index contributed by atoms with van der Waals surface area (Å²) in [6.45, 7) is 2.96. The van der Waals surface area contributed by atoms with Gasteiger partial charge in [-0.2, -0.15) is 9.61 Å². The van der Waals surface area contributed by atoms with Crippen LogP contribution >= 0.6 is 0 Å². The fourth-order valence-electron chi connectivity index (χ4n) is 5.31. The first-order chi connectivity index (χ1) is 17.8. The van der Waals surface area contributed by atoms with Crippen molar-refractivity contribution in [2.24, 2.45) is 0 Å². The number of aromatic nitrogens is 4. The van der Waals surface area contributed by atoms with Crippen molar-refractivity contribution < 1.29 is 14.7 Å². The minimum absolute atomic E-state index is 0.00942. The van der Waals surface area contributed by atoms with Crippen LogP contribution in [0.5, 0.6) is 0 Å². The highest BCUT2D eigenvalue weighted by atomic mass is 16.3. The molecule has 1 fully saturated rings. The van der Waals surface area contributed by atoms with Gasteiger partial charge in [-0.3, -0.25) is 14.6 Å². The Morgan fingerprint density at radius 3 is 2.57 bits per heavy atom. The summed E-state index contributed by atoms with van der Waals surface area (Å²) in [6, 6.07) is 4.05. The van der Waals surface area contributed by atoms with E-state index in [1.54, 1.807) is 6.20 Å². The van der Waals surface area contributed by atoms with E-state index in [2.05, 4.69) is 22.6 Å². The zero-order valence-corrected chi connectivity index (χ0v) is 21.1. The third-order valence-corrected chi connectivity index (χ3v) is 7.36. The van der Waals surface area contributed by atoms with Crippen LogP contribution in [0, 0.1) is 0 Å². The number of aliphatic hydroxyl groups is 1. The lowest BCUT2D eigenvalue weighted by Gasteiger charge is -2.30. The Balaban J connectivity index is 1.46. The van der Waals surface area contributed by atoms with Gasteiger partial charge in [-0.1, -0.05) is 30.4 Å². The molecule has 3 aromatic heterocycles. The van der Waals surface area contributed by atoms with Gasteiger partial charge < -0.3 is 16.2 Å². The maximum absolute atomic E-state index is 12.7. The molecule has 192 valence electrons. The van der Waals surface area contributed by atoms with E-state index >= 15 is 0 Å². The number of allylic oxidation sites excluding steroid dienone is 4. The van der Waals surface area contributed by atoms with Crippen LogP contribution < -0.4 is 11.1 Å². The monoisotopic (exact) mass is 500 g/mol. The van der Waals surface area contributed by atoms with Gasteiger partial charge in [0, 0.05) is 40.9 Å². The molecule has 3 aromatic rings. The number of nitrogens with one attached hydrogen (secondary N) is 1. The fraction of sp³-hybridized carbons (Fsp3) is 0.393. The van der Waals surface area contributed by atoms with Crippen molar-refractivity contribution in [1.29, 1.82) is 0 Å². The Labute approximate surface area is 215 Å². The van der Waals surface area contributed by atoms with E-state index in [4.69, 9.17) is 15.7 Å². The summed E-state index contributed by atoms with van der Waals surface area (Å²) in [4.78, 5) is 34.2. The largest absolute Gasteiger partial charge is 0.384 e. The Morgan fingerprint density at radius 2 is 1.95 bits per heavy atom. The van der Waals surface area contributed by atoms with Gasteiger partial charge in [0.2, 0.25) is 5.91 Å². The van der Waals surface area contributed by atoms with E-state index in [1.807, 2.05) is 30.5 Å². The van der Waals surface area contributed by atoms with Crippen LogP contribution in [-0.2, 0) is 4.79 Å². The summed E-state index contributed by atoms with van der Waals surface area (Å²) in [5, 5.41) is 16.8. The zero-order valence-electron chi connectivity index (χ0n) is 21.1. The van der Waals surface area contributed by atoms with E-state index in [9.17, 15) is 14.7 Å². The van der Waals surface area contributed by atoms with Gasteiger partial charge in [0.05, 0.1) is 17.5 Å². The van der Waals surface area contributed by atoms with E-state index in [0.29, 0.717) is 16.9 Å². The molecule has 2 aliphatic carbocycles. The van der Waals surface area contributed by atoms with E-state index in [0.717, 1.165) is 48.9 Å². The fourth-order valence-corrected chi connectivity index (χ4v) is 5.31. The molecule has 0 aliphatic heterocycles. The summed E-state index contributed by atoms with van der Waals surface area (Å²) in [5.41, 5.74) is 10.9. The first kappa shape index (κ1) is 24.8. The number of fused-ring (bicyclic) bond motifs is 1. The van der Waals surface area contributed by atoms with Crippen LogP contribution in [0.25, 0.3) is 16.8 Å². The van der Waals surface area contributed by atoms with Crippen LogP contribution in [0.15, 0.2) is 48.8 Å². The molecule has 37 heavy (non-hydrogen) atoms. The number of nitrogen functional groups attached to an aromatic ring is 1. The van der Waals surface area contributed by atoms with Crippen molar-refractivity contribution in [2.45, 2.75) is 69.9 Å². The van der Waals surface area contributed by atoms with Gasteiger partial charge in [0.25, 0.3) is 0 Å². The maximum atomic E-state index is 12.7. The number of carbonyl (C=O) groups is 2. The Morgan fingerprint density at radius 1 is 1.16 bits per heavy atom. The molecule has 5 rings (SSSR count). The second kappa shape index (κ2) is 10.3. The number of nitrogens with two attached hydrogens (primary N) is 1. The number of Topliss-reactive ketones (excluding diaryl/α,β-unsaturated/α-hetero) is 1. The smallest absolute Gasteiger partial charge is 0.248 e. The number of ketones is 1. The Hall–Kier alpha value is -3.85. The maximum Gasteiger partial charge on any atom is 0.248 e. The molecule has 0 aromatic carbocycles. The third kappa shape index (κ3) is 4.91. The number of aliphatic hydroxyl groups excluding tert-OH is 1. The molecular formula is C28H32N6O3. The SMILES string of the molecule is CC(=O)c1c(C2CCC(NC(=O)C(C)O)CC2)nc2c(-c3ccc(C4C=CC=CC4)nc3)cnn2c1N. The molecule has 2 aliphatic rings. The number of carbonyl (C=O) groups excluding carboxylic acids is 2. The molecule has 0 saturated heterocycles. The summed E-state index contributed by atoms with van der Waals surface area (Å²) in [6.07, 6.45) is 14.8. The average Bonchev–Trinajstić information content (AvgIpc) is 3.34. The number of hydrogen-bond acceptors (Lipinski definition) is 7.